The van der Waals surface area contributed by atoms with Gasteiger partial charge in [0.05, 0.1) is 0 Å². The summed E-state index contributed by atoms with van der Waals surface area (Å²) in [4.78, 5) is 12.2. The average molecular weight is 442 g/mol. The second kappa shape index (κ2) is 8.97. The first-order valence-electron chi connectivity index (χ1n) is 7.88. The number of nitriles is 1. The van der Waals surface area contributed by atoms with Gasteiger partial charge in [-0.25, -0.2) is 0 Å². The number of pyridine rings is 1. The Hall–Kier alpha value is -2.74. The molecule has 2 rings (SSSR count). The molecule has 0 unspecified atom stereocenters. The Morgan fingerprint density at radius 1 is 1.29 bits per heavy atom. The number of aromatic hydroxyl groups is 1. The summed E-state index contributed by atoms with van der Waals surface area (Å²) >= 11 is 0. The van der Waals surface area contributed by atoms with Gasteiger partial charge in [-0.15, -0.1) is 20.4 Å². The zero-order chi connectivity index (χ0) is 20.4. The first-order chi connectivity index (χ1) is 12.6. The van der Waals surface area contributed by atoms with Crippen molar-refractivity contribution in [1.82, 2.24) is 19.3 Å². The van der Waals surface area contributed by atoms with E-state index in [1.807, 2.05) is 6.92 Å². The monoisotopic (exact) mass is 441 g/mol. The molecule has 0 radical (unpaired) electrons. The first kappa shape index (κ1) is 23.3. The number of hydrogen-bond acceptors (Lipinski definition) is 7. The molecule has 9 nitrogen and oxygen atoms in total. The van der Waals surface area contributed by atoms with Gasteiger partial charge in [-0.2, -0.15) is 18.4 Å². The van der Waals surface area contributed by atoms with E-state index in [0.29, 0.717) is 12.8 Å². The third kappa shape index (κ3) is 4.39. The van der Waals surface area contributed by atoms with E-state index in [-0.39, 0.29) is 39.9 Å². The van der Waals surface area contributed by atoms with Gasteiger partial charge in [0.1, 0.15) is 11.6 Å². The number of alkyl halides is 3. The Labute approximate surface area is 167 Å². The van der Waals surface area contributed by atoms with Gasteiger partial charge < -0.3 is 5.11 Å². The van der Waals surface area contributed by atoms with Crippen LogP contribution in [0.2, 0.25) is 0 Å². The van der Waals surface area contributed by atoms with Crippen LogP contribution in [-0.4, -0.2) is 24.4 Å². The molecule has 0 aromatic carbocycles. The molecule has 152 valence electrons. The molecule has 0 bridgehead atoms. The van der Waals surface area contributed by atoms with E-state index in [2.05, 4.69) is 20.4 Å². The summed E-state index contributed by atoms with van der Waals surface area (Å²) in [5.74, 6) is -2.16. The van der Waals surface area contributed by atoms with Crippen molar-refractivity contribution in [2.45, 2.75) is 39.4 Å². The third-order valence-corrected chi connectivity index (χ3v) is 3.85. The SMILES string of the molecule is CCCCn1c(N=Nc2c(C)c(C#N)c(O)n(C)c2=O)nnc1C(F)(F)F.[Ni+2]. The van der Waals surface area contributed by atoms with E-state index >= 15 is 0 Å². The predicted molar refractivity (Wildman–Crippen MR) is 86.9 cm³/mol. The normalized spacial score (nSPS) is 11.5. The fourth-order valence-corrected chi connectivity index (χ4v) is 2.32. The molecule has 0 atom stereocenters. The van der Waals surface area contributed by atoms with Crippen LogP contribution in [0.25, 0.3) is 0 Å². The molecule has 0 saturated heterocycles. The van der Waals surface area contributed by atoms with Crippen molar-refractivity contribution in [3.8, 4) is 11.9 Å². The van der Waals surface area contributed by atoms with Crippen molar-refractivity contribution >= 4 is 11.6 Å². The average Bonchev–Trinajstić information content (AvgIpc) is 3.01. The van der Waals surface area contributed by atoms with Crippen molar-refractivity contribution in [3.63, 3.8) is 0 Å². The van der Waals surface area contributed by atoms with Crippen LogP contribution in [0.15, 0.2) is 15.0 Å². The van der Waals surface area contributed by atoms with Crippen LogP contribution < -0.4 is 5.56 Å². The van der Waals surface area contributed by atoms with Crippen molar-refractivity contribution in [2.24, 2.45) is 17.3 Å². The molecule has 2 aromatic heterocycles. The summed E-state index contributed by atoms with van der Waals surface area (Å²) in [6.45, 7) is 3.16. The second-order valence-corrected chi connectivity index (χ2v) is 5.67. The minimum atomic E-state index is -4.72. The number of azo groups is 1. The van der Waals surface area contributed by atoms with Gasteiger partial charge >= 0.3 is 22.7 Å². The van der Waals surface area contributed by atoms with Crippen molar-refractivity contribution in [1.29, 1.82) is 5.26 Å². The Bertz CT molecular complexity index is 989. The standard InChI is InChI=1S/C15H16F3N7O2.Ni/c1-4-5-6-25-13(15(16,17)18)21-23-14(25)22-20-10-8(2)9(7-19)11(26)24(3)12(10)27;/h26H,4-6H2,1-3H3;/q;+2. The summed E-state index contributed by atoms with van der Waals surface area (Å²) in [6.07, 6.45) is -3.65. The van der Waals surface area contributed by atoms with Gasteiger partial charge in [-0.1, -0.05) is 13.3 Å². The zero-order valence-electron chi connectivity index (χ0n) is 15.1. The first-order valence-corrected chi connectivity index (χ1v) is 7.88. The minimum Gasteiger partial charge on any atom is -0.493 e. The van der Waals surface area contributed by atoms with Crippen molar-refractivity contribution < 1.29 is 34.8 Å². The fourth-order valence-electron chi connectivity index (χ4n) is 2.32. The van der Waals surface area contributed by atoms with E-state index in [9.17, 15) is 23.1 Å². The number of rotatable bonds is 5. The van der Waals surface area contributed by atoms with Gasteiger partial charge in [0.25, 0.3) is 11.5 Å². The van der Waals surface area contributed by atoms with E-state index < -0.39 is 29.4 Å². The molecule has 2 aromatic rings. The molecule has 0 fully saturated rings. The fraction of sp³-hybridized carbons (Fsp3) is 0.467. The van der Waals surface area contributed by atoms with Crippen molar-refractivity contribution in [2.75, 3.05) is 0 Å². The molecule has 0 aliphatic heterocycles. The summed E-state index contributed by atoms with van der Waals surface area (Å²) < 4.78 is 40.8. The summed E-state index contributed by atoms with van der Waals surface area (Å²) in [7, 11) is 1.22. The molecule has 0 amide bonds. The molecule has 2 heterocycles. The summed E-state index contributed by atoms with van der Waals surface area (Å²) in [5, 5.41) is 32.8. The van der Waals surface area contributed by atoms with Gasteiger partial charge in [-0.05, 0) is 13.3 Å². The molecule has 13 heteroatoms. The van der Waals surface area contributed by atoms with E-state index in [4.69, 9.17) is 5.26 Å². The van der Waals surface area contributed by atoms with Crippen LogP contribution >= 0.6 is 0 Å². The Kier molecular flexibility index (Phi) is 7.46. The van der Waals surface area contributed by atoms with E-state index in [0.717, 1.165) is 9.13 Å². The van der Waals surface area contributed by atoms with Crippen LogP contribution in [0.4, 0.5) is 24.8 Å². The number of halogens is 3. The molecule has 0 aliphatic rings. The molecule has 1 N–H and O–H groups in total. The van der Waals surface area contributed by atoms with Crippen LogP contribution in [0.1, 0.15) is 36.7 Å². The van der Waals surface area contributed by atoms with Crippen molar-refractivity contribution in [3.05, 3.63) is 27.3 Å². The molecule has 0 saturated carbocycles. The van der Waals surface area contributed by atoms with Crippen LogP contribution in [0.3, 0.4) is 0 Å². The molecule has 0 spiro atoms. The summed E-state index contributed by atoms with van der Waals surface area (Å²) in [5.41, 5.74) is -1.18. The number of nitrogens with zero attached hydrogens (tertiary/aromatic N) is 7. The van der Waals surface area contributed by atoms with E-state index in [1.165, 1.54) is 14.0 Å². The zero-order valence-corrected chi connectivity index (χ0v) is 16.0. The van der Waals surface area contributed by atoms with Crippen LogP contribution in [-0.2, 0) is 36.3 Å². The minimum absolute atomic E-state index is 0. The quantitative estimate of drug-likeness (QED) is 0.564. The van der Waals surface area contributed by atoms with Crippen LogP contribution in [0.5, 0.6) is 5.88 Å². The Morgan fingerprint density at radius 3 is 2.46 bits per heavy atom. The van der Waals surface area contributed by atoms with Gasteiger partial charge in [0.15, 0.2) is 5.69 Å². The van der Waals surface area contributed by atoms with E-state index in [1.54, 1.807) is 6.07 Å². The second-order valence-electron chi connectivity index (χ2n) is 5.67. The number of aromatic nitrogens is 4. The smallest absolute Gasteiger partial charge is 0.493 e. The summed E-state index contributed by atoms with van der Waals surface area (Å²) in [6, 6.07) is 1.74. The largest absolute Gasteiger partial charge is 2.00 e. The molecule has 28 heavy (non-hydrogen) atoms. The van der Waals surface area contributed by atoms with Gasteiger partial charge in [-0.3, -0.25) is 13.9 Å². The maximum absolute atomic E-state index is 13.1. The topological polar surface area (TPSA) is 121 Å². The third-order valence-electron chi connectivity index (χ3n) is 3.85. The molecular formula is C15H16F3N7NiO2+2. The predicted octanol–water partition coefficient (Wildman–Crippen LogP) is 3.09. The number of unbranched alkanes of at least 4 members (excludes halogenated alkanes) is 1. The number of hydrogen-bond donors (Lipinski definition) is 1. The maximum Gasteiger partial charge on any atom is 2.00 e. The maximum atomic E-state index is 13.1. The molecule has 0 aliphatic carbocycles. The molecular weight excluding hydrogens is 426 g/mol. The Balaban J connectivity index is 0.00000392. The Morgan fingerprint density at radius 2 is 1.93 bits per heavy atom. The van der Waals surface area contributed by atoms with Crippen LogP contribution in [0, 0.1) is 18.3 Å². The van der Waals surface area contributed by atoms with Gasteiger partial charge in [0, 0.05) is 19.2 Å². The van der Waals surface area contributed by atoms with Gasteiger partial charge in [0.2, 0.25) is 11.7 Å².